The summed E-state index contributed by atoms with van der Waals surface area (Å²) in [7, 11) is 1.46. The zero-order chi connectivity index (χ0) is 14.9. The van der Waals surface area contributed by atoms with E-state index >= 15 is 0 Å². The molecule has 1 saturated heterocycles. The number of nitrogens with two attached hydrogens (primary N) is 1. The lowest BCUT2D eigenvalue weighted by Gasteiger charge is -2.50. The standard InChI is InChI=1S/C17H30N2O2/c1-21-16(20)17(18)10-4-8-14(12-17)19-11-5-7-13-6-2-3-9-15(13)19/h13-15H,2-12,18H2,1H3/t13-,14?,15-,17?/m1/s1. The summed E-state index contributed by atoms with van der Waals surface area (Å²) >= 11 is 0. The van der Waals surface area contributed by atoms with E-state index in [1.165, 1.54) is 58.6 Å². The highest BCUT2D eigenvalue weighted by atomic mass is 16.5. The number of fused-ring (bicyclic) bond motifs is 1. The molecule has 2 N–H and O–H groups in total. The largest absolute Gasteiger partial charge is 0.468 e. The van der Waals surface area contributed by atoms with Crippen LogP contribution in [-0.4, -0.2) is 42.1 Å². The summed E-state index contributed by atoms with van der Waals surface area (Å²) in [6.07, 6.45) is 12.0. The van der Waals surface area contributed by atoms with Crippen LogP contribution in [0, 0.1) is 5.92 Å². The number of piperidine rings is 1. The van der Waals surface area contributed by atoms with Crippen LogP contribution in [0.3, 0.4) is 0 Å². The zero-order valence-electron chi connectivity index (χ0n) is 13.4. The predicted molar refractivity (Wildman–Crippen MR) is 82.9 cm³/mol. The number of nitrogens with zero attached hydrogens (tertiary/aromatic N) is 1. The molecule has 2 unspecified atom stereocenters. The molecule has 3 rings (SSSR count). The Kier molecular flexibility index (Phi) is 4.55. The van der Waals surface area contributed by atoms with Crippen molar-refractivity contribution in [3.8, 4) is 0 Å². The van der Waals surface area contributed by atoms with Crippen LogP contribution in [0.5, 0.6) is 0 Å². The third-order valence-electron chi connectivity index (χ3n) is 6.11. The van der Waals surface area contributed by atoms with Gasteiger partial charge in [0.2, 0.25) is 0 Å². The second kappa shape index (κ2) is 6.25. The van der Waals surface area contributed by atoms with Gasteiger partial charge in [-0.05, 0) is 63.8 Å². The van der Waals surface area contributed by atoms with Gasteiger partial charge in [-0.1, -0.05) is 12.8 Å². The van der Waals surface area contributed by atoms with Crippen LogP contribution in [0.2, 0.25) is 0 Å². The van der Waals surface area contributed by atoms with Gasteiger partial charge in [0, 0.05) is 12.1 Å². The molecule has 1 aliphatic heterocycles. The molecule has 1 heterocycles. The first-order valence-electron chi connectivity index (χ1n) is 8.77. The second-order valence-electron chi connectivity index (χ2n) is 7.39. The number of carbonyl (C=O) groups excluding carboxylic acids is 1. The van der Waals surface area contributed by atoms with Crippen LogP contribution in [0.15, 0.2) is 0 Å². The Labute approximate surface area is 128 Å². The Balaban J connectivity index is 1.71. The smallest absolute Gasteiger partial charge is 0.325 e. The number of carbonyl (C=O) groups is 1. The van der Waals surface area contributed by atoms with Crippen LogP contribution in [0.1, 0.15) is 64.2 Å². The molecule has 2 saturated carbocycles. The predicted octanol–water partition coefficient (Wildman–Crippen LogP) is 2.45. The summed E-state index contributed by atoms with van der Waals surface area (Å²) in [5.74, 6) is 0.670. The maximum atomic E-state index is 12.0. The summed E-state index contributed by atoms with van der Waals surface area (Å²) in [6, 6.07) is 1.23. The molecule has 0 spiro atoms. The van der Waals surface area contributed by atoms with E-state index in [-0.39, 0.29) is 5.97 Å². The Morgan fingerprint density at radius 3 is 2.71 bits per heavy atom. The molecule has 3 aliphatic rings. The summed E-state index contributed by atoms with van der Waals surface area (Å²) in [5.41, 5.74) is 5.63. The maximum Gasteiger partial charge on any atom is 0.325 e. The Morgan fingerprint density at radius 1 is 1.14 bits per heavy atom. The molecule has 0 radical (unpaired) electrons. The molecule has 0 aromatic heterocycles. The normalized spacial score (nSPS) is 41.3. The number of esters is 1. The number of likely N-dealkylation sites (tertiary alicyclic amines) is 1. The number of hydrogen-bond donors (Lipinski definition) is 1. The van der Waals surface area contributed by atoms with Gasteiger partial charge in [0.15, 0.2) is 0 Å². The molecule has 0 bridgehead atoms. The van der Waals surface area contributed by atoms with Gasteiger partial charge in [0.05, 0.1) is 7.11 Å². The fourth-order valence-corrected chi connectivity index (χ4v) is 5.07. The number of hydrogen-bond acceptors (Lipinski definition) is 4. The lowest BCUT2D eigenvalue weighted by atomic mass is 9.74. The molecule has 0 amide bonds. The van der Waals surface area contributed by atoms with Gasteiger partial charge in [-0.2, -0.15) is 0 Å². The minimum absolute atomic E-state index is 0.218. The van der Waals surface area contributed by atoms with Crippen LogP contribution < -0.4 is 5.73 Å². The fourth-order valence-electron chi connectivity index (χ4n) is 5.07. The van der Waals surface area contributed by atoms with Crippen LogP contribution >= 0.6 is 0 Å². The van der Waals surface area contributed by atoms with Gasteiger partial charge in [0.1, 0.15) is 5.54 Å². The average Bonchev–Trinajstić information content (AvgIpc) is 2.53. The highest BCUT2D eigenvalue weighted by molar-refractivity contribution is 5.80. The monoisotopic (exact) mass is 294 g/mol. The van der Waals surface area contributed by atoms with Crippen molar-refractivity contribution in [1.82, 2.24) is 4.90 Å². The van der Waals surface area contributed by atoms with Gasteiger partial charge in [0.25, 0.3) is 0 Å². The van der Waals surface area contributed by atoms with E-state index in [9.17, 15) is 4.79 Å². The average molecular weight is 294 g/mol. The van der Waals surface area contributed by atoms with Gasteiger partial charge >= 0.3 is 5.97 Å². The van der Waals surface area contributed by atoms with Crippen molar-refractivity contribution in [3.63, 3.8) is 0 Å². The zero-order valence-corrected chi connectivity index (χ0v) is 13.4. The first-order valence-corrected chi connectivity index (χ1v) is 8.77. The SMILES string of the molecule is COC(=O)C1(N)CCCC(N2CCC[C@H]3CCCC[C@H]32)C1. The highest BCUT2D eigenvalue weighted by Gasteiger charge is 2.45. The molecule has 0 aromatic rings. The van der Waals surface area contributed by atoms with Gasteiger partial charge in [-0.15, -0.1) is 0 Å². The minimum atomic E-state index is -0.751. The molecule has 21 heavy (non-hydrogen) atoms. The summed E-state index contributed by atoms with van der Waals surface area (Å²) in [4.78, 5) is 14.8. The van der Waals surface area contributed by atoms with Crippen molar-refractivity contribution in [2.45, 2.75) is 81.8 Å². The molecule has 4 atom stereocenters. The molecular formula is C17H30N2O2. The third kappa shape index (κ3) is 2.98. The molecule has 4 nitrogen and oxygen atoms in total. The molecular weight excluding hydrogens is 264 g/mol. The van der Waals surface area contributed by atoms with Crippen LogP contribution in [0.4, 0.5) is 0 Å². The number of ether oxygens (including phenoxy) is 1. The molecule has 2 aliphatic carbocycles. The first-order chi connectivity index (χ1) is 10.1. The Bertz CT molecular complexity index is 385. The lowest BCUT2D eigenvalue weighted by molar-refractivity contribution is -0.149. The van der Waals surface area contributed by atoms with E-state index in [0.29, 0.717) is 6.04 Å². The quantitative estimate of drug-likeness (QED) is 0.795. The summed E-state index contributed by atoms with van der Waals surface area (Å²) < 4.78 is 4.95. The second-order valence-corrected chi connectivity index (χ2v) is 7.39. The minimum Gasteiger partial charge on any atom is -0.468 e. The molecule has 4 heteroatoms. The van der Waals surface area contributed by atoms with E-state index in [2.05, 4.69) is 4.90 Å². The molecule has 120 valence electrons. The van der Waals surface area contributed by atoms with Gasteiger partial charge < -0.3 is 10.5 Å². The van der Waals surface area contributed by atoms with Crippen molar-refractivity contribution >= 4 is 5.97 Å². The van der Waals surface area contributed by atoms with Crippen molar-refractivity contribution in [1.29, 1.82) is 0 Å². The number of rotatable bonds is 2. The van der Waals surface area contributed by atoms with Crippen molar-refractivity contribution in [2.75, 3.05) is 13.7 Å². The van der Waals surface area contributed by atoms with Crippen molar-refractivity contribution < 1.29 is 9.53 Å². The van der Waals surface area contributed by atoms with E-state index in [1.54, 1.807) is 0 Å². The first kappa shape index (κ1) is 15.3. The molecule has 0 aromatic carbocycles. The van der Waals surface area contributed by atoms with Crippen LogP contribution in [0.25, 0.3) is 0 Å². The van der Waals surface area contributed by atoms with E-state index in [1.807, 2.05) is 0 Å². The highest BCUT2D eigenvalue weighted by Crippen LogP contribution is 2.40. The van der Waals surface area contributed by atoms with Gasteiger partial charge in [-0.25, -0.2) is 0 Å². The van der Waals surface area contributed by atoms with Crippen molar-refractivity contribution in [3.05, 3.63) is 0 Å². The maximum absolute atomic E-state index is 12.0. The Hall–Kier alpha value is -0.610. The molecule has 3 fully saturated rings. The summed E-state index contributed by atoms with van der Waals surface area (Å²) in [5, 5.41) is 0. The van der Waals surface area contributed by atoms with Crippen molar-refractivity contribution in [2.24, 2.45) is 11.7 Å². The Morgan fingerprint density at radius 2 is 1.90 bits per heavy atom. The summed E-state index contributed by atoms with van der Waals surface area (Å²) in [6.45, 7) is 1.20. The van der Waals surface area contributed by atoms with E-state index in [0.717, 1.165) is 31.2 Å². The fraction of sp³-hybridized carbons (Fsp3) is 0.941. The van der Waals surface area contributed by atoms with E-state index < -0.39 is 5.54 Å². The third-order valence-corrected chi connectivity index (χ3v) is 6.11. The topological polar surface area (TPSA) is 55.6 Å². The number of methoxy groups -OCH3 is 1. The van der Waals surface area contributed by atoms with E-state index in [4.69, 9.17) is 10.5 Å². The van der Waals surface area contributed by atoms with Crippen LogP contribution in [-0.2, 0) is 9.53 Å². The van der Waals surface area contributed by atoms with Gasteiger partial charge in [-0.3, -0.25) is 9.69 Å². The lowest BCUT2D eigenvalue weighted by Crippen LogP contribution is -2.59.